The van der Waals surface area contributed by atoms with Crippen molar-refractivity contribution in [2.75, 3.05) is 13.2 Å². The molecular weight excluding hydrogens is 328 g/mol. The van der Waals surface area contributed by atoms with Gasteiger partial charge >= 0.3 is 0 Å². The summed E-state index contributed by atoms with van der Waals surface area (Å²) in [5.41, 5.74) is 0.799. The summed E-state index contributed by atoms with van der Waals surface area (Å²) in [6.45, 7) is 5.43. The Bertz CT molecular complexity index is 570. The van der Waals surface area contributed by atoms with Crippen molar-refractivity contribution in [2.24, 2.45) is 0 Å². The van der Waals surface area contributed by atoms with E-state index in [0.717, 1.165) is 18.4 Å². The lowest BCUT2D eigenvalue weighted by molar-refractivity contribution is -0.120. The lowest BCUT2D eigenvalue weighted by Crippen LogP contribution is -2.21. The van der Waals surface area contributed by atoms with E-state index >= 15 is 0 Å². The Morgan fingerprint density at radius 1 is 1.25 bits per heavy atom. The molecule has 1 rings (SSSR count). The van der Waals surface area contributed by atoms with Gasteiger partial charge in [0.05, 0.1) is 24.3 Å². The Morgan fingerprint density at radius 3 is 2.71 bits per heavy atom. The van der Waals surface area contributed by atoms with E-state index in [1.807, 2.05) is 19.1 Å². The minimum atomic E-state index is -0.317. The highest BCUT2D eigenvalue weighted by molar-refractivity contribution is 6.32. The van der Waals surface area contributed by atoms with Gasteiger partial charge < -0.3 is 14.8 Å². The van der Waals surface area contributed by atoms with Crippen LogP contribution in [0.1, 0.15) is 51.5 Å². The number of carbonyl (C=O) groups excluding carboxylic acids is 1. The fourth-order valence-electron chi connectivity index (χ4n) is 2.16. The fourth-order valence-corrected chi connectivity index (χ4v) is 2.45. The highest BCUT2D eigenvalue weighted by Crippen LogP contribution is 2.36. The van der Waals surface area contributed by atoms with E-state index in [1.165, 1.54) is 12.8 Å². The van der Waals surface area contributed by atoms with Crippen molar-refractivity contribution in [2.45, 2.75) is 52.5 Å². The molecule has 0 heterocycles. The average molecular weight is 353 g/mol. The third-order valence-corrected chi connectivity index (χ3v) is 3.62. The number of halogens is 1. The number of rotatable bonds is 11. The molecule has 1 N–H and O–H groups in total. The normalized spacial score (nSPS) is 10.1. The van der Waals surface area contributed by atoms with Gasteiger partial charge in [-0.25, -0.2) is 0 Å². The van der Waals surface area contributed by atoms with Crippen LogP contribution < -0.4 is 14.8 Å². The van der Waals surface area contributed by atoms with Gasteiger partial charge in [-0.3, -0.25) is 4.79 Å². The Labute approximate surface area is 148 Å². The standard InChI is InChI=1S/C18H25ClN2O3/c1-3-5-6-7-10-24-18-15(19)11-14(12-16(18)23-4-2)13-21-17(22)8-9-20/h11-12H,3-8,10,13H2,1-2H3,(H,21,22). The Hall–Kier alpha value is -1.93. The van der Waals surface area contributed by atoms with Gasteiger partial charge in [-0.15, -0.1) is 0 Å². The zero-order valence-electron chi connectivity index (χ0n) is 14.4. The zero-order valence-corrected chi connectivity index (χ0v) is 15.1. The molecule has 0 atom stereocenters. The molecule has 0 radical (unpaired) electrons. The second-order valence-corrected chi connectivity index (χ2v) is 5.77. The van der Waals surface area contributed by atoms with E-state index < -0.39 is 0 Å². The molecule has 1 amide bonds. The maximum Gasteiger partial charge on any atom is 0.234 e. The number of amides is 1. The molecule has 0 unspecified atom stereocenters. The summed E-state index contributed by atoms with van der Waals surface area (Å²) in [5, 5.41) is 11.6. The largest absolute Gasteiger partial charge is 0.490 e. The summed E-state index contributed by atoms with van der Waals surface area (Å²) in [7, 11) is 0. The van der Waals surface area contributed by atoms with Crippen LogP contribution in [0, 0.1) is 11.3 Å². The summed E-state index contributed by atoms with van der Waals surface area (Å²) in [4.78, 5) is 11.4. The molecule has 1 aromatic rings. The van der Waals surface area contributed by atoms with Gasteiger partial charge in [0.15, 0.2) is 11.5 Å². The SMILES string of the molecule is CCCCCCOc1c(Cl)cc(CNC(=O)CC#N)cc1OCC. The molecule has 0 aliphatic carbocycles. The van der Waals surface area contributed by atoms with Crippen LogP contribution in [0.3, 0.4) is 0 Å². The molecule has 132 valence electrons. The molecule has 1 aromatic carbocycles. The summed E-state index contributed by atoms with van der Waals surface area (Å²) in [6, 6.07) is 5.37. The molecule has 0 aliphatic heterocycles. The molecule has 0 saturated heterocycles. The fraction of sp³-hybridized carbons (Fsp3) is 0.556. The first-order chi connectivity index (χ1) is 11.6. The summed E-state index contributed by atoms with van der Waals surface area (Å²) >= 11 is 6.32. The van der Waals surface area contributed by atoms with Crippen molar-refractivity contribution in [3.63, 3.8) is 0 Å². The number of nitriles is 1. The first-order valence-electron chi connectivity index (χ1n) is 8.34. The predicted octanol–water partition coefficient (Wildman–Crippen LogP) is 4.23. The van der Waals surface area contributed by atoms with Gasteiger partial charge in [0.1, 0.15) is 6.42 Å². The van der Waals surface area contributed by atoms with Gasteiger partial charge in [0.25, 0.3) is 0 Å². The molecule has 0 aliphatic rings. The van der Waals surface area contributed by atoms with Crippen LogP contribution in [0.2, 0.25) is 5.02 Å². The molecule has 0 fully saturated rings. The lowest BCUT2D eigenvalue weighted by atomic mass is 10.2. The number of carbonyl (C=O) groups is 1. The highest BCUT2D eigenvalue weighted by atomic mass is 35.5. The van der Waals surface area contributed by atoms with Crippen LogP contribution in [-0.2, 0) is 11.3 Å². The van der Waals surface area contributed by atoms with Gasteiger partial charge in [-0.2, -0.15) is 5.26 Å². The number of ether oxygens (including phenoxy) is 2. The molecule has 0 spiro atoms. The van der Waals surface area contributed by atoms with Crippen molar-refractivity contribution in [3.8, 4) is 17.6 Å². The summed E-state index contributed by atoms with van der Waals surface area (Å²) in [6.07, 6.45) is 4.31. The van der Waals surface area contributed by atoms with E-state index in [4.69, 9.17) is 26.3 Å². The van der Waals surface area contributed by atoms with Crippen molar-refractivity contribution in [1.82, 2.24) is 5.32 Å². The van der Waals surface area contributed by atoms with Crippen molar-refractivity contribution < 1.29 is 14.3 Å². The van der Waals surface area contributed by atoms with Gasteiger partial charge in [-0.05, 0) is 31.0 Å². The number of hydrogen-bond acceptors (Lipinski definition) is 4. The van der Waals surface area contributed by atoms with Crippen molar-refractivity contribution in [1.29, 1.82) is 5.26 Å². The first-order valence-corrected chi connectivity index (χ1v) is 8.71. The minimum Gasteiger partial charge on any atom is -0.490 e. The molecule has 0 saturated carbocycles. The molecule has 0 bridgehead atoms. The molecule has 5 nitrogen and oxygen atoms in total. The quantitative estimate of drug-likeness (QED) is 0.605. The number of nitrogens with one attached hydrogen (secondary N) is 1. The number of benzene rings is 1. The Balaban J connectivity index is 2.73. The van der Waals surface area contributed by atoms with E-state index in [9.17, 15) is 4.79 Å². The van der Waals surface area contributed by atoms with E-state index in [-0.39, 0.29) is 18.9 Å². The molecule has 24 heavy (non-hydrogen) atoms. The average Bonchev–Trinajstić information content (AvgIpc) is 2.55. The topological polar surface area (TPSA) is 71.3 Å². The second kappa shape index (κ2) is 11.6. The highest BCUT2D eigenvalue weighted by Gasteiger charge is 2.13. The number of unbranched alkanes of at least 4 members (excludes halogenated alkanes) is 3. The maximum absolute atomic E-state index is 11.4. The summed E-state index contributed by atoms with van der Waals surface area (Å²) in [5.74, 6) is 0.801. The van der Waals surface area contributed by atoms with Crippen LogP contribution in [0.5, 0.6) is 11.5 Å². The van der Waals surface area contributed by atoms with Crippen molar-refractivity contribution in [3.05, 3.63) is 22.7 Å². The number of hydrogen-bond donors (Lipinski definition) is 1. The van der Waals surface area contributed by atoms with Gasteiger partial charge in [0, 0.05) is 6.54 Å². The molecule has 6 heteroatoms. The smallest absolute Gasteiger partial charge is 0.234 e. The third-order valence-electron chi connectivity index (χ3n) is 3.34. The molecular formula is C18H25ClN2O3. The Kier molecular flexibility index (Phi) is 9.71. The van der Waals surface area contributed by atoms with Crippen LogP contribution in [-0.4, -0.2) is 19.1 Å². The van der Waals surface area contributed by atoms with Crippen LogP contribution in [0.4, 0.5) is 0 Å². The number of nitrogens with zero attached hydrogens (tertiary/aromatic N) is 1. The first kappa shape index (κ1) is 20.1. The lowest BCUT2D eigenvalue weighted by Gasteiger charge is -2.15. The van der Waals surface area contributed by atoms with Crippen LogP contribution >= 0.6 is 11.6 Å². The van der Waals surface area contributed by atoms with E-state index in [0.29, 0.717) is 29.7 Å². The van der Waals surface area contributed by atoms with Crippen LogP contribution in [0.15, 0.2) is 12.1 Å². The Morgan fingerprint density at radius 2 is 2.04 bits per heavy atom. The zero-order chi connectivity index (χ0) is 17.8. The predicted molar refractivity (Wildman–Crippen MR) is 94.3 cm³/mol. The van der Waals surface area contributed by atoms with Gasteiger partial charge in [0.2, 0.25) is 5.91 Å². The monoisotopic (exact) mass is 352 g/mol. The molecule has 0 aromatic heterocycles. The maximum atomic E-state index is 11.4. The summed E-state index contributed by atoms with van der Waals surface area (Å²) < 4.78 is 11.4. The third kappa shape index (κ3) is 7.10. The van der Waals surface area contributed by atoms with E-state index in [1.54, 1.807) is 6.07 Å². The van der Waals surface area contributed by atoms with Crippen molar-refractivity contribution >= 4 is 17.5 Å². The minimum absolute atomic E-state index is 0.162. The van der Waals surface area contributed by atoms with Gasteiger partial charge in [-0.1, -0.05) is 37.8 Å². The van der Waals surface area contributed by atoms with E-state index in [2.05, 4.69) is 12.2 Å². The second-order valence-electron chi connectivity index (χ2n) is 5.36. The van der Waals surface area contributed by atoms with Crippen LogP contribution in [0.25, 0.3) is 0 Å².